The predicted octanol–water partition coefficient (Wildman–Crippen LogP) is 2.63. The lowest BCUT2D eigenvalue weighted by molar-refractivity contribution is -0.125. The Balaban J connectivity index is 2.29. The van der Waals surface area contributed by atoms with E-state index in [-0.39, 0.29) is 5.92 Å². The first-order valence-electron chi connectivity index (χ1n) is 6.27. The zero-order valence-electron chi connectivity index (χ0n) is 10.5. The van der Waals surface area contributed by atoms with Crippen LogP contribution in [0.1, 0.15) is 47.0 Å². The lowest BCUT2D eigenvalue weighted by Crippen LogP contribution is -2.28. The molecule has 1 saturated carbocycles. The summed E-state index contributed by atoms with van der Waals surface area (Å²) >= 11 is 0. The summed E-state index contributed by atoms with van der Waals surface area (Å²) in [5.74, 6) is 1.76. The van der Waals surface area contributed by atoms with Crippen LogP contribution in [0.2, 0.25) is 0 Å². The number of hydrogen-bond acceptors (Lipinski definition) is 2. The summed E-state index contributed by atoms with van der Waals surface area (Å²) in [6.07, 6.45) is 3.45. The summed E-state index contributed by atoms with van der Waals surface area (Å²) < 4.78 is 0. The maximum atomic E-state index is 11.8. The third-order valence-corrected chi connectivity index (χ3v) is 3.33. The average molecular weight is 211 g/mol. The second-order valence-corrected chi connectivity index (χ2v) is 5.50. The molecule has 2 unspecified atom stereocenters. The van der Waals surface area contributed by atoms with E-state index in [9.17, 15) is 4.79 Å². The van der Waals surface area contributed by atoms with Gasteiger partial charge in [-0.1, -0.05) is 27.7 Å². The van der Waals surface area contributed by atoms with E-state index in [0.717, 1.165) is 25.3 Å². The van der Waals surface area contributed by atoms with Crippen LogP contribution in [0.5, 0.6) is 0 Å². The van der Waals surface area contributed by atoms with Crippen LogP contribution < -0.4 is 5.32 Å². The second kappa shape index (κ2) is 5.64. The van der Waals surface area contributed by atoms with Crippen molar-refractivity contribution in [1.82, 2.24) is 5.32 Å². The predicted molar refractivity (Wildman–Crippen MR) is 63.8 cm³/mol. The third kappa shape index (κ3) is 3.94. The highest BCUT2D eigenvalue weighted by atomic mass is 16.1. The number of Topliss-reactive ketones (excluding diaryl/α,β-unsaturated/α-hetero) is 1. The molecule has 1 rings (SSSR count). The first-order chi connectivity index (χ1) is 7.00. The maximum Gasteiger partial charge on any atom is 0.138 e. The number of hydrogen-bond donors (Lipinski definition) is 1. The number of rotatable bonds is 5. The van der Waals surface area contributed by atoms with Crippen LogP contribution >= 0.6 is 0 Å². The van der Waals surface area contributed by atoms with Crippen LogP contribution in [0, 0.1) is 17.8 Å². The smallest absolute Gasteiger partial charge is 0.138 e. The molecule has 1 aliphatic carbocycles. The highest BCUT2D eigenvalue weighted by molar-refractivity contribution is 5.83. The molecule has 0 aromatic heterocycles. The summed E-state index contributed by atoms with van der Waals surface area (Å²) in [6, 6.07) is 0.560. The number of carbonyl (C=O) groups is 1. The van der Waals surface area contributed by atoms with E-state index in [0.29, 0.717) is 17.7 Å². The van der Waals surface area contributed by atoms with Crippen molar-refractivity contribution in [3.63, 3.8) is 0 Å². The van der Waals surface area contributed by atoms with Crippen molar-refractivity contribution >= 4 is 5.78 Å². The fraction of sp³-hybridized carbons (Fsp3) is 0.923. The molecule has 0 aromatic carbocycles. The zero-order chi connectivity index (χ0) is 11.4. The van der Waals surface area contributed by atoms with Crippen LogP contribution in [0.4, 0.5) is 0 Å². The van der Waals surface area contributed by atoms with E-state index < -0.39 is 0 Å². The fourth-order valence-corrected chi connectivity index (χ4v) is 2.39. The molecule has 0 saturated heterocycles. The van der Waals surface area contributed by atoms with Crippen molar-refractivity contribution in [2.75, 3.05) is 6.54 Å². The van der Waals surface area contributed by atoms with Gasteiger partial charge in [0.15, 0.2) is 0 Å². The number of ketones is 1. The van der Waals surface area contributed by atoms with Crippen molar-refractivity contribution < 1.29 is 4.79 Å². The highest BCUT2D eigenvalue weighted by Crippen LogP contribution is 2.32. The van der Waals surface area contributed by atoms with Gasteiger partial charge in [0.25, 0.3) is 0 Å². The van der Waals surface area contributed by atoms with Crippen LogP contribution in [0.15, 0.2) is 0 Å². The Hall–Kier alpha value is -0.370. The number of nitrogens with one attached hydrogen (secondary N) is 1. The molecular formula is C13H25NO. The normalized spacial score (nSPS) is 26.5. The maximum absolute atomic E-state index is 11.8. The molecule has 0 amide bonds. The molecule has 1 N–H and O–H groups in total. The van der Waals surface area contributed by atoms with Gasteiger partial charge in [-0.3, -0.25) is 4.79 Å². The summed E-state index contributed by atoms with van der Waals surface area (Å²) in [5.41, 5.74) is 0. The standard InChI is InChI=1S/C13H25NO/c1-9(2)13(15)12-6-5-11(7-12)8-14-10(3)4/h9-12,14H,5-8H2,1-4H3. The fourth-order valence-electron chi connectivity index (χ4n) is 2.39. The first kappa shape index (κ1) is 12.7. The molecule has 0 radical (unpaired) electrons. The molecule has 88 valence electrons. The molecule has 1 aliphatic rings. The van der Waals surface area contributed by atoms with Gasteiger partial charge in [-0.15, -0.1) is 0 Å². The minimum absolute atomic E-state index is 0.215. The monoisotopic (exact) mass is 211 g/mol. The van der Waals surface area contributed by atoms with Gasteiger partial charge in [-0.2, -0.15) is 0 Å². The van der Waals surface area contributed by atoms with E-state index in [2.05, 4.69) is 19.2 Å². The van der Waals surface area contributed by atoms with Gasteiger partial charge in [0.05, 0.1) is 0 Å². The summed E-state index contributed by atoms with van der Waals surface area (Å²) in [4.78, 5) is 11.8. The van der Waals surface area contributed by atoms with Crippen LogP contribution in [0.3, 0.4) is 0 Å². The van der Waals surface area contributed by atoms with Gasteiger partial charge in [0, 0.05) is 17.9 Å². The van der Waals surface area contributed by atoms with E-state index in [1.165, 1.54) is 6.42 Å². The second-order valence-electron chi connectivity index (χ2n) is 5.50. The largest absolute Gasteiger partial charge is 0.314 e. The molecule has 1 fully saturated rings. The van der Waals surface area contributed by atoms with Crippen molar-refractivity contribution in [3.8, 4) is 0 Å². The molecule has 0 aliphatic heterocycles. The third-order valence-electron chi connectivity index (χ3n) is 3.33. The average Bonchev–Trinajstić information content (AvgIpc) is 2.61. The summed E-state index contributed by atoms with van der Waals surface area (Å²) in [7, 11) is 0. The lowest BCUT2D eigenvalue weighted by atomic mass is 9.93. The highest BCUT2D eigenvalue weighted by Gasteiger charge is 2.30. The molecule has 0 spiro atoms. The van der Waals surface area contributed by atoms with E-state index in [4.69, 9.17) is 0 Å². The van der Waals surface area contributed by atoms with Crippen molar-refractivity contribution in [2.24, 2.45) is 17.8 Å². The Morgan fingerprint density at radius 2 is 1.93 bits per heavy atom. The molecular weight excluding hydrogens is 186 g/mol. The Morgan fingerprint density at radius 3 is 2.47 bits per heavy atom. The Morgan fingerprint density at radius 1 is 1.27 bits per heavy atom. The quantitative estimate of drug-likeness (QED) is 0.757. The van der Waals surface area contributed by atoms with Gasteiger partial charge >= 0.3 is 0 Å². The minimum atomic E-state index is 0.215. The molecule has 2 heteroatoms. The SMILES string of the molecule is CC(C)NCC1CCC(C(=O)C(C)C)C1. The summed E-state index contributed by atoms with van der Waals surface area (Å²) in [6.45, 7) is 9.46. The minimum Gasteiger partial charge on any atom is -0.314 e. The van der Waals surface area contributed by atoms with Crippen LogP contribution in [-0.4, -0.2) is 18.4 Å². The Labute approximate surface area is 93.8 Å². The lowest BCUT2D eigenvalue weighted by Gasteiger charge is -2.14. The number of carbonyl (C=O) groups excluding carboxylic acids is 1. The molecule has 15 heavy (non-hydrogen) atoms. The van der Waals surface area contributed by atoms with Crippen molar-refractivity contribution in [2.45, 2.75) is 53.0 Å². The van der Waals surface area contributed by atoms with Crippen LogP contribution in [0.25, 0.3) is 0 Å². The van der Waals surface area contributed by atoms with Gasteiger partial charge in [0.2, 0.25) is 0 Å². The first-order valence-corrected chi connectivity index (χ1v) is 6.27. The van der Waals surface area contributed by atoms with Crippen molar-refractivity contribution in [3.05, 3.63) is 0 Å². The van der Waals surface area contributed by atoms with Crippen LogP contribution in [-0.2, 0) is 4.79 Å². The Kier molecular flexibility index (Phi) is 4.78. The van der Waals surface area contributed by atoms with Gasteiger partial charge in [-0.05, 0) is 31.7 Å². The van der Waals surface area contributed by atoms with Gasteiger partial charge < -0.3 is 5.32 Å². The molecule has 0 heterocycles. The van der Waals surface area contributed by atoms with E-state index in [1.807, 2.05) is 13.8 Å². The van der Waals surface area contributed by atoms with Gasteiger partial charge in [-0.25, -0.2) is 0 Å². The van der Waals surface area contributed by atoms with Crippen molar-refractivity contribution in [1.29, 1.82) is 0 Å². The molecule has 2 nitrogen and oxygen atoms in total. The van der Waals surface area contributed by atoms with Gasteiger partial charge in [0.1, 0.15) is 5.78 Å². The molecule has 0 aromatic rings. The Bertz CT molecular complexity index is 211. The van der Waals surface area contributed by atoms with E-state index in [1.54, 1.807) is 0 Å². The topological polar surface area (TPSA) is 29.1 Å². The summed E-state index contributed by atoms with van der Waals surface area (Å²) in [5, 5.41) is 3.46. The molecule has 2 atom stereocenters. The zero-order valence-corrected chi connectivity index (χ0v) is 10.5. The van der Waals surface area contributed by atoms with E-state index >= 15 is 0 Å². The molecule has 0 bridgehead atoms.